The largest absolute Gasteiger partial charge is 0.481 e. The lowest BCUT2D eigenvalue weighted by Crippen LogP contribution is -2.17. The number of fused-ring (bicyclic) bond motifs is 1. The highest BCUT2D eigenvalue weighted by Crippen LogP contribution is 2.62. The minimum absolute atomic E-state index is 0.147. The van der Waals surface area contributed by atoms with Crippen LogP contribution >= 0.6 is 23.4 Å². The van der Waals surface area contributed by atoms with Crippen molar-refractivity contribution in [2.45, 2.75) is 44.3 Å². The second-order valence-electron chi connectivity index (χ2n) is 10.8. The molecule has 0 spiro atoms. The number of thioether (sulfide) groups is 1. The number of aromatic nitrogens is 1. The molecule has 0 unspecified atom stereocenters. The summed E-state index contributed by atoms with van der Waals surface area (Å²) in [6.07, 6.45) is 8.25. The molecule has 5 rings (SSSR count). The van der Waals surface area contributed by atoms with Gasteiger partial charge >= 0.3 is 5.97 Å². The number of aryl methyl sites for hydroxylation is 1. The van der Waals surface area contributed by atoms with Crippen LogP contribution in [0.1, 0.15) is 65.8 Å². The molecule has 1 N–H and O–H groups in total. The number of carboxylic acid groups (broad SMARTS) is 1. The Balaban J connectivity index is 1.33. The summed E-state index contributed by atoms with van der Waals surface area (Å²) in [5.74, 6) is 0.261. The molecule has 1 atom stereocenters. The molecule has 1 aromatic heterocycles. The lowest BCUT2D eigenvalue weighted by Gasteiger charge is -2.26. The van der Waals surface area contributed by atoms with E-state index in [1.54, 1.807) is 0 Å². The summed E-state index contributed by atoms with van der Waals surface area (Å²) in [5.41, 5.74) is 7.50. The van der Waals surface area contributed by atoms with Crippen molar-refractivity contribution in [1.82, 2.24) is 4.98 Å². The Morgan fingerprint density at radius 2 is 1.88 bits per heavy atom. The van der Waals surface area contributed by atoms with Gasteiger partial charge in [-0.2, -0.15) is 11.8 Å². The number of carboxylic acids is 1. The highest BCUT2D eigenvalue weighted by Gasteiger charge is 2.51. The molecule has 0 radical (unpaired) electrons. The maximum absolute atomic E-state index is 11.8. The van der Waals surface area contributed by atoms with E-state index in [1.165, 1.54) is 16.7 Å². The van der Waals surface area contributed by atoms with E-state index in [0.717, 1.165) is 59.2 Å². The van der Waals surface area contributed by atoms with Crippen molar-refractivity contribution in [3.8, 4) is 0 Å². The molecule has 0 saturated heterocycles. The van der Waals surface area contributed by atoms with Gasteiger partial charge in [0.25, 0.3) is 0 Å². The first-order chi connectivity index (χ1) is 19.3. The second kappa shape index (κ2) is 12.4. The molecule has 4 aromatic rings. The predicted octanol–water partition coefficient (Wildman–Crippen LogP) is 9.75. The molecule has 1 saturated carbocycles. The highest BCUT2D eigenvalue weighted by molar-refractivity contribution is 7.99. The molecule has 40 heavy (non-hydrogen) atoms. The van der Waals surface area contributed by atoms with Crippen LogP contribution in [-0.4, -0.2) is 21.8 Å². The summed E-state index contributed by atoms with van der Waals surface area (Å²) in [4.78, 5) is 16.5. The third-order valence-electron chi connectivity index (χ3n) is 7.64. The van der Waals surface area contributed by atoms with Gasteiger partial charge in [0.2, 0.25) is 0 Å². The SMILES string of the molecule is C=C(C)c1ccccc1CCCS[C@@H](c1cccc(C=Cc2ccc3ccc(Cl)cc3n2)c1)C1(CC(=O)O)CC1. The predicted molar refractivity (Wildman–Crippen MR) is 171 cm³/mol. The fraction of sp³-hybridized carbons (Fsp3) is 0.257. The van der Waals surface area contributed by atoms with Crippen LogP contribution in [0.2, 0.25) is 5.02 Å². The van der Waals surface area contributed by atoms with E-state index >= 15 is 0 Å². The lowest BCUT2D eigenvalue weighted by atomic mass is 9.91. The standard InChI is InChI=1S/C35H34ClNO2S/c1-24(2)31-11-4-3-8-26(31)10-6-20-40-34(35(18-19-35)23-33(38)39)28-9-5-7-25(21-28)12-16-30-17-14-27-13-15-29(36)22-32(27)37-30/h3-5,7-9,11-17,21-22,34H,1,6,10,18-20,23H2,2H3,(H,38,39)/t34-/m0/s1. The topological polar surface area (TPSA) is 50.2 Å². The van der Waals surface area contributed by atoms with E-state index < -0.39 is 5.97 Å². The Morgan fingerprint density at radius 3 is 2.65 bits per heavy atom. The monoisotopic (exact) mass is 567 g/mol. The number of hydrogen-bond acceptors (Lipinski definition) is 3. The van der Waals surface area contributed by atoms with Gasteiger partial charge in [0.15, 0.2) is 0 Å². The van der Waals surface area contributed by atoms with Crippen molar-refractivity contribution in [3.05, 3.63) is 118 Å². The van der Waals surface area contributed by atoms with Gasteiger partial charge in [-0.15, -0.1) is 0 Å². The van der Waals surface area contributed by atoms with Gasteiger partial charge < -0.3 is 5.11 Å². The maximum Gasteiger partial charge on any atom is 0.303 e. The number of pyridine rings is 1. The molecule has 3 nitrogen and oxygen atoms in total. The first-order valence-corrected chi connectivity index (χ1v) is 15.2. The zero-order valence-electron chi connectivity index (χ0n) is 22.8. The summed E-state index contributed by atoms with van der Waals surface area (Å²) >= 11 is 8.07. The van der Waals surface area contributed by atoms with Crippen molar-refractivity contribution in [1.29, 1.82) is 0 Å². The molecule has 0 bridgehead atoms. The molecule has 204 valence electrons. The summed E-state index contributed by atoms with van der Waals surface area (Å²) in [6, 6.07) is 26.8. The lowest BCUT2D eigenvalue weighted by molar-refractivity contribution is -0.138. The van der Waals surface area contributed by atoms with Crippen LogP contribution < -0.4 is 0 Å². The van der Waals surface area contributed by atoms with E-state index in [4.69, 9.17) is 16.6 Å². The van der Waals surface area contributed by atoms with E-state index in [-0.39, 0.29) is 17.1 Å². The zero-order chi connectivity index (χ0) is 28.1. The molecule has 5 heteroatoms. The number of halogens is 1. The Labute approximate surface area is 246 Å². The third kappa shape index (κ3) is 6.86. The smallest absolute Gasteiger partial charge is 0.303 e. The first kappa shape index (κ1) is 28.2. The van der Waals surface area contributed by atoms with Crippen LogP contribution in [0, 0.1) is 5.41 Å². The number of nitrogens with zero attached hydrogens (tertiary/aromatic N) is 1. The van der Waals surface area contributed by atoms with Crippen molar-refractivity contribution in [2.24, 2.45) is 5.41 Å². The average molecular weight is 568 g/mol. The van der Waals surface area contributed by atoms with Gasteiger partial charge in [-0.05, 0) is 90.3 Å². The quantitative estimate of drug-likeness (QED) is 0.173. The summed E-state index contributed by atoms with van der Waals surface area (Å²) in [7, 11) is 0. The molecule has 0 aliphatic heterocycles. The number of allylic oxidation sites excluding steroid dienone is 1. The Kier molecular flexibility index (Phi) is 8.78. The van der Waals surface area contributed by atoms with Gasteiger partial charge in [-0.25, -0.2) is 4.98 Å². The molecule has 1 aliphatic rings. The van der Waals surface area contributed by atoms with Crippen LogP contribution in [-0.2, 0) is 11.2 Å². The van der Waals surface area contributed by atoms with E-state index in [9.17, 15) is 9.90 Å². The Morgan fingerprint density at radius 1 is 1.07 bits per heavy atom. The Bertz CT molecular complexity index is 1570. The van der Waals surface area contributed by atoms with Crippen LogP contribution in [0.25, 0.3) is 28.6 Å². The summed E-state index contributed by atoms with van der Waals surface area (Å²) in [5, 5.41) is 11.6. The molecule has 1 aliphatic carbocycles. The van der Waals surface area contributed by atoms with E-state index in [1.807, 2.05) is 42.1 Å². The Hall–Kier alpha value is -3.34. The van der Waals surface area contributed by atoms with Crippen LogP contribution in [0.15, 0.2) is 85.4 Å². The molecular weight excluding hydrogens is 534 g/mol. The number of benzene rings is 3. The van der Waals surface area contributed by atoms with Crippen molar-refractivity contribution < 1.29 is 9.90 Å². The van der Waals surface area contributed by atoms with Crippen LogP contribution in [0.3, 0.4) is 0 Å². The minimum atomic E-state index is -0.711. The molecule has 0 amide bonds. The van der Waals surface area contributed by atoms with Crippen LogP contribution in [0.5, 0.6) is 0 Å². The molecule has 3 aromatic carbocycles. The van der Waals surface area contributed by atoms with Gasteiger partial charge in [-0.1, -0.05) is 90.5 Å². The number of carbonyl (C=O) groups is 1. The third-order valence-corrected chi connectivity index (χ3v) is 9.50. The second-order valence-corrected chi connectivity index (χ2v) is 12.5. The van der Waals surface area contributed by atoms with Gasteiger partial charge in [0.1, 0.15) is 0 Å². The highest BCUT2D eigenvalue weighted by atomic mass is 35.5. The minimum Gasteiger partial charge on any atom is -0.481 e. The number of rotatable bonds is 12. The maximum atomic E-state index is 11.8. The fourth-order valence-corrected chi connectivity index (χ4v) is 7.17. The van der Waals surface area contributed by atoms with Crippen molar-refractivity contribution >= 4 is 58.0 Å². The van der Waals surface area contributed by atoms with E-state index in [0.29, 0.717) is 5.02 Å². The zero-order valence-corrected chi connectivity index (χ0v) is 24.3. The molecule has 1 heterocycles. The summed E-state index contributed by atoms with van der Waals surface area (Å²) in [6.45, 7) is 6.19. The van der Waals surface area contributed by atoms with Gasteiger partial charge in [0.05, 0.1) is 17.6 Å². The normalized spacial score (nSPS) is 14.8. The molecular formula is C35H34ClNO2S. The number of hydrogen-bond donors (Lipinski definition) is 1. The molecule has 1 fully saturated rings. The first-order valence-electron chi connectivity index (χ1n) is 13.7. The average Bonchev–Trinajstić information content (AvgIpc) is 3.71. The van der Waals surface area contributed by atoms with E-state index in [2.05, 4.69) is 74.2 Å². The van der Waals surface area contributed by atoms with Crippen molar-refractivity contribution in [2.75, 3.05) is 5.75 Å². The van der Waals surface area contributed by atoms with Gasteiger partial charge in [-0.3, -0.25) is 4.79 Å². The van der Waals surface area contributed by atoms with Crippen molar-refractivity contribution in [3.63, 3.8) is 0 Å². The van der Waals surface area contributed by atoms with Crippen LogP contribution in [0.4, 0.5) is 0 Å². The number of aliphatic carboxylic acids is 1. The fourth-order valence-electron chi connectivity index (χ4n) is 5.44. The summed E-state index contributed by atoms with van der Waals surface area (Å²) < 4.78 is 0. The van der Waals surface area contributed by atoms with Gasteiger partial charge in [0, 0.05) is 15.7 Å².